The molecule has 0 amide bonds. The molecule has 102 valence electrons. The molecule has 0 aliphatic heterocycles. The van der Waals surface area contributed by atoms with Crippen LogP contribution in [0.4, 0.5) is 4.39 Å². The summed E-state index contributed by atoms with van der Waals surface area (Å²) < 4.78 is 13.5. The maximum Gasteiger partial charge on any atom is 0.136 e. The molecule has 0 saturated heterocycles. The summed E-state index contributed by atoms with van der Waals surface area (Å²) in [6.45, 7) is 0. The second kappa shape index (κ2) is 7.68. The summed E-state index contributed by atoms with van der Waals surface area (Å²) in [5.41, 5.74) is 1.39. The summed E-state index contributed by atoms with van der Waals surface area (Å²) in [7, 11) is 1.97. The first-order valence-electron chi connectivity index (χ1n) is 6.35. The van der Waals surface area contributed by atoms with E-state index < -0.39 is 0 Å². The van der Waals surface area contributed by atoms with Crippen molar-refractivity contribution in [3.8, 4) is 0 Å². The summed E-state index contributed by atoms with van der Waals surface area (Å²) >= 11 is 3.32. The van der Waals surface area contributed by atoms with Crippen molar-refractivity contribution in [1.29, 1.82) is 0 Å². The minimum Gasteiger partial charge on any atom is -0.316 e. The monoisotopic (exact) mass is 295 g/mol. The second-order valence-electron chi connectivity index (χ2n) is 4.40. The number of hydrogen-bond acceptors (Lipinski definition) is 3. The van der Waals surface area contributed by atoms with Gasteiger partial charge in [0.15, 0.2) is 0 Å². The highest BCUT2D eigenvalue weighted by molar-refractivity contribution is 7.99. The first-order chi connectivity index (χ1) is 9.29. The van der Waals surface area contributed by atoms with Crippen LogP contribution in [0.25, 0.3) is 0 Å². The Bertz CT molecular complexity index is 485. The van der Waals surface area contributed by atoms with E-state index in [1.165, 1.54) is 11.6 Å². The van der Waals surface area contributed by atoms with E-state index in [0.29, 0.717) is 6.04 Å². The van der Waals surface area contributed by atoms with Gasteiger partial charge in [-0.25, -0.2) is 4.39 Å². The van der Waals surface area contributed by atoms with Crippen molar-refractivity contribution >= 4 is 23.1 Å². The minimum absolute atomic E-state index is 0.125. The van der Waals surface area contributed by atoms with E-state index in [9.17, 15) is 4.39 Å². The lowest BCUT2D eigenvalue weighted by atomic mass is 10.1. The lowest BCUT2D eigenvalue weighted by Gasteiger charge is -2.15. The van der Waals surface area contributed by atoms with Crippen molar-refractivity contribution in [2.45, 2.75) is 23.8 Å². The van der Waals surface area contributed by atoms with Gasteiger partial charge in [-0.15, -0.1) is 11.8 Å². The first kappa shape index (κ1) is 14.6. The highest BCUT2D eigenvalue weighted by atomic mass is 32.2. The fraction of sp³-hybridized carbons (Fsp3) is 0.333. The van der Waals surface area contributed by atoms with Gasteiger partial charge in [-0.2, -0.15) is 11.3 Å². The summed E-state index contributed by atoms with van der Waals surface area (Å²) in [6, 6.07) is 9.54. The first-order valence-corrected chi connectivity index (χ1v) is 8.28. The number of thiophene rings is 1. The van der Waals surface area contributed by atoms with Crippen LogP contribution in [-0.4, -0.2) is 18.8 Å². The number of nitrogens with one attached hydrogen (secondary N) is 1. The molecule has 2 rings (SSSR count). The van der Waals surface area contributed by atoms with Crippen molar-refractivity contribution in [3.63, 3.8) is 0 Å². The molecule has 0 spiro atoms. The van der Waals surface area contributed by atoms with Crippen LogP contribution in [0.5, 0.6) is 0 Å². The summed E-state index contributed by atoms with van der Waals surface area (Å²) in [5, 5.41) is 7.61. The number of benzene rings is 1. The third kappa shape index (κ3) is 4.64. The Balaban J connectivity index is 1.81. The Hall–Kier alpha value is -0.840. The zero-order valence-electron chi connectivity index (χ0n) is 10.9. The van der Waals surface area contributed by atoms with Crippen LogP contribution in [-0.2, 0) is 6.42 Å². The highest BCUT2D eigenvalue weighted by Gasteiger charge is 2.09. The predicted molar refractivity (Wildman–Crippen MR) is 82.6 cm³/mol. The van der Waals surface area contributed by atoms with Crippen molar-refractivity contribution in [2.24, 2.45) is 0 Å². The summed E-state index contributed by atoms with van der Waals surface area (Å²) in [6.07, 6.45) is 2.15. The molecule has 1 N–H and O–H groups in total. The van der Waals surface area contributed by atoms with E-state index >= 15 is 0 Å². The van der Waals surface area contributed by atoms with Gasteiger partial charge in [-0.05, 0) is 54.4 Å². The van der Waals surface area contributed by atoms with Crippen LogP contribution >= 0.6 is 23.1 Å². The maximum atomic E-state index is 13.5. The largest absolute Gasteiger partial charge is 0.316 e. The molecule has 0 fully saturated rings. The molecular weight excluding hydrogens is 277 g/mol. The Kier molecular flexibility index (Phi) is 5.89. The van der Waals surface area contributed by atoms with Crippen molar-refractivity contribution in [2.75, 3.05) is 12.8 Å². The molecule has 0 saturated carbocycles. The van der Waals surface area contributed by atoms with E-state index in [-0.39, 0.29) is 5.82 Å². The van der Waals surface area contributed by atoms with Gasteiger partial charge >= 0.3 is 0 Å². The molecule has 0 aliphatic rings. The molecule has 19 heavy (non-hydrogen) atoms. The smallest absolute Gasteiger partial charge is 0.136 e. The van der Waals surface area contributed by atoms with Gasteiger partial charge in [-0.1, -0.05) is 12.1 Å². The van der Waals surface area contributed by atoms with Gasteiger partial charge in [0.05, 0.1) is 0 Å². The van der Waals surface area contributed by atoms with Crippen LogP contribution in [0, 0.1) is 5.82 Å². The normalized spacial score (nSPS) is 12.5. The van der Waals surface area contributed by atoms with Gasteiger partial charge < -0.3 is 5.32 Å². The molecule has 1 nitrogen and oxygen atoms in total. The van der Waals surface area contributed by atoms with Gasteiger partial charge in [0.25, 0.3) is 0 Å². The molecule has 1 aromatic carbocycles. The molecule has 0 aliphatic carbocycles. The lowest BCUT2D eigenvalue weighted by molar-refractivity contribution is 0.571. The van der Waals surface area contributed by atoms with Crippen molar-refractivity contribution < 1.29 is 4.39 Å². The zero-order valence-corrected chi connectivity index (χ0v) is 12.6. The standard InChI is InChI=1S/C15H18FNS2/c1-17-13(7-6-12-8-9-18-10-12)11-19-15-5-3-2-4-14(15)16/h2-5,8-10,13,17H,6-7,11H2,1H3. The topological polar surface area (TPSA) is 12.0 Å². The van der Waals surface area contributed by atoms with Crippen LogP contribution in [0.1, 0.15) is 12.0 Å². The van der Waals surface area contributed by atoms with Gasteiger partial charge in [0.2, 0.25) is 0 Å². The average molecular weight is 295 g/mol. The third-order valence-electron chi connectivity index (χ3n) is 3.05. The number of aryl methyl sites for hydroxylation is 1. The van der Waals surface area contributed by atoms with E-state index in [1.807, 2.05) is 19.2 Å². The Morgan fingerprint density at radius 3 is 2.84 bits per heavy atom. The molecule has 1 heterocycles. The summed E-state index contributed by atoms with van der Waals surface area (Å²) in [5.74, 6) is 0.766. The van der Waals surface area contributed by atoms with Gasteiger partial charge in [0, 0.05) is 16.7 Å². The minimum atomic E-state index is -0.125. The predicted octanol–water partition coefficient (Wildman–Crippen LogP) is 4.20. The third-order valence-corrected chi connectivity index (χ3v) is 4.99. The number of rotatable bonds is 7. The SMILES string of the molecule is CNC(CCc1ccsc1)CSc1ccccc1F. The molecule has 0 radical (unpaired) electrons. The fourth-order valence-electron chi connectivity index (χ4n) is 1.84. The summed E-state index contributed by atoms with van der Waals surface area (Å²) in [4.78, 5) is 0.735. The average Bonchev–Trinajstić information content (AvgIpc) is 2.94. The Morgan fingerprint density at radius 1 is 1.32 bits per heavy atom. The number of thioether (sulfide) groups is 1. The highest BCUT2D eigenvalue weighted by Crippen LogP contribution is 2.23. The van der Waals surface area contributed by atoms with E-state index in [2.05, 4.69) is 22.1 Å². The Labute approximate surface area is 122 Å². The van der Waals surface area contributed by atoms with Gasteiger partial charge in [0.1, 0.15) is 5.82 Å². The Morgan fingerprint density at radius 2 is 2.16 bits per heavy atom. The van der Waals surface area contributed by atoms with Crippen molar-refractivity contribution in [3.05, 3.63) is 52.5 Å². The van der Waals surface area contributed by atoms with Crippen LogP contribution in [0.2, 0.25) is 0 Å². The van der Waals surface area contributed by atoms with Crippen LogP contribution in [0.3, 0.4) is 0 Å². The molecule has 1 atom stereocenters. The number of hydrogen-bond donors (Lipinski definition) is 1. The second-order valence-corrected chi connectivity index (χ2v) is 6.24. The lowest BCUT2D eigenvalue weighted by Crippen LogP contribution is -2.28. The number of halogens is 1. The maximum absolute atomic E-state index is 13.5. The fourth-order valence-corrected chi connectivity index (χ4v) is 3.64. The van der Waals surface area contributed by atoms with Crippen molar-refractivity contribution in [1.82, 2.24) is 5.32 Å². The molecule has 1 unspecified atom stereocenters. The zero-order chi connectivity index (χ0) is 13.5. The molecule has 4 heteroatoms. The molecule has 1 aromatic heterocycles. The van der Waals surface area contributed by atoms with Gasteiger partial charge in [-0.3, -0.25) is 0 Å². The van der Waals surface area contributed by atoms with Crippen LogP contribution in [0.15, 0.2) is 46.0 Å². The molecule has 0 bridgehead atoms. The molecule has 2 aromatic rings. The van der Waals surface area contributed by atoms with E-state index in [4.69, 9.17) is 0 Å². The van der Waals surface area contributed by atoms with E-state index in [0.717, 1.165) is 23.5 Å². The molecular formula is C15H18FNS2. The quantitative estimate of drug-likeness (QED) is 0.768. The van der Waals surface area contributed by atoms with Crippen LogP contribution < -0.4 is 5.32 Å². The van der Waals surface area contributed by atoms with E-state index in [1.54, 1.807) is 29.2 Å².